The quantitative estimate of drug-likeness (QED) is 0.481. The molecule has 1 saturated heterocycles. The van der Waals surface area contributed by atoms with E-state index >= 15 is 0 Å². The van der Waals surface area contributed by atoms with Crippen molar-refractivity contribution >= 4 is 7.28 Å². The molecule has 2 atom stereocenters. The monoisotopic (exact) mass is 303 g/mol. The average molecular weight is 303 g/mol. The summed E-state index contributed by atoms with van der Waals surface area (Å²) in [6.45, 7) is 4.87. The van der Waals surface area contributed by atoms with Gasteiger partial charge in [-0.05, 0) is 24.2 Å². The molecule has 2 unspecified atom stereocenters. The predicted octanol–water partition coefficient (Wildman–Crippen LogP) is 7.27. The van der Waals surface area contributed by atoms with Crippen LogP contribution in [0.25, 0.3) is 0 Å². The molecule has 2 aliphatic rings. The van der Waals surface area contributed by atoms with E-state index in [-0.39, 0.29) is 0 Å². The first-order chi connectivity index (χ1) is 10.8. The molecular weight excluding hydrogens is 263 g/mol. The first kappa shape index (κ1) is 18.4. The molecule has 0 nitrogen and oxygen atoms in total. The second-order valence-corrected chi connectivity index (χ2v) is 8.65. The maximum Gasteiger partial charge on any atom is 0.114 e. The summed E-state index contributed by atoms with van der Waals surface area (Å²) in [7, 11) is 2.81. The Kier molecular flexibility index (Phi) is 9.01. The van der Waals surface area contributed by atoms with Crippen molar-refractivity contribution in [3.05, 3.63) is 0 Å². The molecule has 0 aromatic carbocycles. The highest BCUT2D eigenvalue weighted by Gasteiger charge is 2.30. The predicted molar refractivity (Wildman–Crippen MR) is 101 cm³/mol. The lowest BCUT2D eigenvalue weighted by molar-refractivity contribution is 0.273. The molecule has 0 N–H and O–H groups in total. The molecule has 127 valence electrons. The highest BCUT2D eigenvalue weighted by Crippen LogP contribution is 2.42. The SMILES string of the molecule is CC(C)CC1CCCCCC[B]C1C1CCCCCCCC1. The van der Waals surface area contributed by atoms with Gasteiger partial charge in [0.1, 0.15) is 7.28 Å². The van der Waals surface area contributed by atoms with E-state index in [1.54, 1.807) is 0 Å². The van der Waals surface area contributed by atoms with Crippen LogP contribution in [0.15, 0.2) is 0 Å². The Bertz CT molecular complexity index is 263. The van der Waals surface area contributed by atoms with Crippen molar-refractivity contribution in [3.8, 4) is 0 Å². The van der Waals surface area contributed by atoms with Crippen LogP contribution in [0.3, 0.4) is 0 Å². The van der Waals surface area contributed by atoms with E-state index in [1.807, 2.05) is 0 Å². The van der Waals surface area contributed by atoms with Crippen molar-refractivity contribution in [1.29, 1.82) is 0 Å². The summed E-state index contributed by atoms with van der Waals surface area (Å²) in [5.74, 6) is 3.82. The zero-order valence-electron chi connectivity index (χ0n) is 15.5. The van der Waals surface area contributed by atoms with Crippen molar-refractivity contribution < 1.29 is 0 Å². The summed E-state index contributed by atoms with van der Waals surface area (Å²) in [4.78, 5) is 0. The maximum absolute atomic E-state index is 2.81. The highest BCUT2D eigenvalue weighted by atomic mass is 14.3. The molecule has 1 heterocycles. The third-order valence-corrected chi connectivity index (χ3v) is 6.23. The summed E-state index contributed by atoms with van der Waals surface area (Å²) in [6, 6.07) is 0. The van der Waals surface area contributed by atoms with Crippen LogP contribution in [0.2, 0.25) is 12.1 Å². The van der Waals surface area contributed by atoms with E-state index in [2.05, 4.69) is 21.1 Å². The molecule has 0 aromatic rings. The summed E-state index contributed by atoms with van der Waals surface area (Å²) < 4.78 is 0. The molecule has 2 rings (SSSR count). The van der Waals surface area contributed by atoms with Crippen LogP contribution in [-0.2, 0) is 0 Å². The lowest BCUT2D eigenvalue weighted by Crippen LogP contribution is -2.25. The maximum atomic E-state index is 2.81. The van der Waals surface area contributed by atoms with Gasteiger partial charge in [-0.1, -0.05) is 109 Å². The Morgan fingerprint density at radius 2 is 1.27 bits per heavy atom. The van der Waals surface area contributed by atoms with Crippen LogP contribution in [-0.4, -0.2) is 7.28 Å². The van der Waals surface area contributed by atoms with Crippen LogP contribution < -0.4 is 0 Å². The molecular formula is C21H40B. The molecule has 0 spiro atoms. The van der Waals surface area contributed by atoms with Crippen LogP contribution in [0, 0.1) is 17.8 Å². The van der Waals surface area contributed by atoms with E-state index in [1.165, 1.54) is 96.2 Å². The highest BCUT2D eigenvalue weighted by molar-refractivity contribution is 6.37. The summed E-state index contributed by atoms with van der Waals surface area (Å²) in [5.41, 5.74) is 0. The van der Waals surface area contributed by atoms with Gasteiger partial charge in [-0.25, -0.2) is 0 Å². The fourth-order valence-electron chi connectivity index (χ4n) is 5.11. The van der Waals surface area contributed by atoms with Crippen LogP contribution in [0.1, 0.15) is 104 Å². The smallest absolute Gasteiger partial charge is 0.0799 e. The first-order valence-corrected chi connectivity index (χ1v) is 10.6. The molecule has 22 heavy (non-hydrogen) atoms. The van der Waals surface area contributed by atoms with Gasteiger partial charge in [-0.2, -0.15) is 0 Å². The van der Waals surface area contributed by atoms with E-state index in [0.29, 0.717) is 0 Å². The van der Waals surface area contributed by atoms with Gasteiger partial charge in [0, 0.05) is 0 Å². The minimum atomic E-state index is 0.873. The van der Waals surface area contributed by atoms with Gasteiger partial charge in [0.05, 0.1) is 0 Å². The fourth-order valence-corrected chi connectivity index (χ4v) is 5.11. The topological polar surface area (TPSA) is 0 Å². The molecule has 1 saturated carbocycles. The standard InChI is InChI=1S/C21H40B/c1-18(2)17-20-15-11-7-8-12-16-22-21(20)19-13-9-5-3-4-6-10-14-19/h18-21H,3-17H2,1-2H3. The van der Waals surface area contributed by atoms with E-state index in [9.17, 15) is 0 Å². The van der Waals surface area contributed by atoms with E-state index in [4.69, 9.17) is 0 Å². The van der Waals surface area contributed by atoms with Gasteiger partial charge in [-0.3, -0.25) is 0 Å². The summed E-state index contributed by atoms with van der Waals surface area (Å²) in [5, 5.41) is 0. The summed E-state index contributed by atoms with van der Waals surface area (Å²) in [6.07, 6.45) is 22.3. The zero-order chi connectivity index (χ0) is 15.6. The molecule has 2 fully saturated rings. The minimum absolute atomic E-state index is 0.873. The molecule has 1 radical (unpaired) electrons. The van der Waals surface area contributed by atoms with E-state index < -0.39 is 0 Å². The second-order valence-electron chi connectivity index (χ2n) is 8.65. The van der Waals surface area contributed by atoms with Crippen molar-refractivity contribution in [2.75, 3.05) is 0 Å². The Morgan fingerprint density at radius 3 is 1.91 bits per heavy atom. The molecule has 0 amide bonds. The Balaban J connectivity index is 2.03. The van der Waals surface area contributed by atoms with Crippen molar-refractivity contribution in [2.45, 2.75) is 116 Å². The van der Waals surface area contributed by atoms with Gasteiger partial charge in [0.25, 0.3) is 0 Å². The van der Waals surface area contributed by atoms with Gasteiger partial charge in [-0.15, -0.1) is 0 Å². The lowest BCUT2D eigenvalue weighted by Gasteiger charge is -2.35. The number of rotatable bonds is 3. The average Bonchev–Trinajstić information content (AvgIpc) is 2.68. The second kappa shape index (κ2) is 10.8. The van der Waals surface area contributed by atoms with E-state index in [0.717, 1.165) is 23.6 Å². The van der Waals surface area contributed by atoms with Gasteiger partial charge >= 0.3 is 0 Å². The normalized spacial score (nSPS) is 30.3. The van der Waals surface area contributed by atoms with Crippen LogP contribution >= 0.6 is 0 Å². The largest absolute Gasteiger partial charge is 0.114 e. The molecule has 1 aliphatic heterocycles. The van der Waals surface area contributed by atoms with Crippen LogP contribution in [0.5, 0.6) is 0 Å². The number of hydrogen-bond donors (Lipinski definition) is 0. The van der Waals surface area contributed by atoms with Crippen molar-refractivity contribution in [3.63, 3.8) is 0 Å². The molecule has 1 aliphatic carbocycles. The Morgan fingerprint density at radius 1 is 0.727 bits per heavy atom. The molecule has 0 aromatic heterocycles. The Hall–Kier alpha value is 0.0649. The minimum Gasteiger partial charge on any atom is -0.0799 e. The van der Waals surface area contributed by atoms with Gasteiger partial charge in [0.15, 0.2) is 0 Å². The Labute approximate surface area is 141 Å². The summed E-state index contributed by atoms with van der Waals surface area (Å²) >= 11 is 0. The number of hydrogen-bond acceptors (Lipinski definition) is 0. The molecule has 0 bridgehead atoms. The van der Waals surface area contributed by atoms with Crippen LogP contribution in [0.4, 0.5) is 0 Å². The van der Waals surface area contributed by atoms with Gasteiger partial charge < -0.3 is 0 Å². The lowest BCUT2D eigenvalue weighted by atomic mass is 9.50. The van der Waals surface area contributed by atoms with Gasteiger partial charge in [0.2, 0.25) is 0 Å². The third kappa shape index (κ3) is 6.67. The molecule has 1 heteroatoms. The van der Waals surface area contributed by atoms with Crippen molar-refractivity contribution in [1.82, 2.24) is 0 Å². The first-order valence-electron chi connectivity index (χ1n) is 10.6. The zero-order valence-corrected chi connectivity index (χ0v) is 15.5. The fraction of sp³-hybridized carbons (Fsp3) is 1.00. The third-order valence-electron chi connectivity index (χ3n) is 6.23. The van der Waals surface area contributed by atoms with Crippen molar-refractivity contribution in [2.24, 2.45) is 17.8 Å².